The molecule has 24 heavy (non-hydrogen) atoms. The van der Waals surface area contributed by atoms with Gasteiger partial charge in [-0.15, -0.1) is 0 Å². The maximum atomic E-state index is 9.86. The van der Waals surface area contributed by atoms with Crippen molar-refractivity contribution in [3.8, 4) is 18.2 Å². The molecule has 1 unspecified atom stereocenters. The van der Waals surface area contributed by atoms with Crippen LogP contribution in [0.5, 0.6) is 0 Å². The zero-order valence-corrected chi connectivity index (χ0v) is 13.3. The van der Waals surface area contributed by atoms with E-state index in [-0.39, 0.29) is 17.2 Å². The maximum absolute atomic E-state index is 9.86. The van der Waals surface area contributed by atoms with E-state index in [2.05, 4.69) is 28.1 Å². The lowest BCUT2D eigenvalue weighted by atomic mass is 9.58. The molecule has 6 nitrogen and oxygen atoms in total. The van der Waals surface area contributed by atoms with Crippen LogP contribution in [0.3, 0.4) is 0 Å². The highest BCUT2D eigenvalue weighted by atomic mass is 15.1. The minimum Gasteiger partial charge on any atom is -0.399 e. The number of fused-ring (bicyclic) bond motifs is 1. The van der Waals surface area contributed by atoms with Crippen molar-refractivity contribution in [3.05, 3.63) is 53.0 Å². The van der Waals surface area contributed by atoms with Crippen LogP contribution in [0.4, 0.5) is 0 Å². The van der Waals surface area contributed by atoms with Crippen molar-refractivity contribution in [3.63, 3.8) is 0 Å². The van der Waals surface area contributed by atoms with Crippen LogP contribution >= 0.6 is 0 Å². The summed E-state index contributed by atoms with van der Waals surface area (Å²) in [5.41, 5.74) is 6.57. The summed E-state index contributed by atoms with van der Waals surface area (Å²) >= 11 is 0. The van der Waals surface area contributed by atoms with Gasteiger partial charge < -0.3 is 10.6 Å². The highest BCUT2D eigenvalue weighted by Crippen LogP contribution is 2.53. The molecule has 1 aromatic heterocycles. The summed E-state index contributed by atoms with van der Waals surface area (Å²) in [7, 11) is 1.97. The second-order valence-corrected chi connectivity index (χ2v) is 6.18. The van der Waals surface area contributed by atoms with Crippen molar-refractivity contribution >= 4 is 0 Å². The van der Waals surface area contributed by atoms with E-state index in [9.17, 15) is 15.8 Å². The van der Waals surface area contributed by atoms with Gasteiger partial charge in [-0.2, -0.15) is 15.8 Å². The van der Waals surface area contributed by atoms with E-state index in [0.29, 0.717) is 13.1 Å². The van der Waals surface area contributed by atoms with E-state index in [1.807, 2.05) is 19.2 Å². The Kier molecular flexibility index (Phi) is 3.81. The summed E-state index contributed by atoms with van der Waals surface area (Å²) in [5.74, 6) is -0.624. The van der Waals surface area contributed by atoms with Gasteiger partial charge in [0.1, 0.15) is 6.07 Å². The van der Waals surface area contributed by atoms with E-state index in [0.717, 1.165) is 11.1 Å². The van der Waals surface area contributed by atoms with Crippen LogP contribution in [0, 0.1) is 45.3 Å². The minimum atomic E-state index is -1.58. The molecular weight excluding hydrogens is 300 g/mol. The van der Waals surface area contributed by atoms with Crippen molar-refractivity contribution in [2.24, 2.45) is 17.1 Å². The van der Waals surface area contributed by atoms with Gasteiger partial charge in [-0.25, -0.2) is 0 Å². The van der Waals surface area contributed by atoms with E-state index in [1.54, 1.807) is 18.5 Å². The minimum absolute atomic E-state index is 0.0518. The molecule has 1 aromatic rings. The monoisotopic (exact) mass is 316 g/mol. The highest BCUT2D eigenvalue weighted by molar-refractivity contribution is 5.59. The second-order valence-electron chi connectivity index (χ2n) is 6.18. The molecule has 0 amide bonds. The number of likely N-dealkylation sites (N-methyl/N-ethyl adjacent to an activating group) is 1. The predicted octanol–water partition coefficient (Wildman–Crippen LogP) is 1.44. The summed E-state index contributed by atoms with van der Waals surface area (Å²) in [6, 6.07) is 9.97. The first-order valence-electron chi connectivity index (χ1n) is 7.60. The molecule has 2 aliphatic rings. The van der Waals surface area contributed by atoms with Gasteiger partial charge in [-0.05, 0) is 24.3 Å². The van der Waals surface area contributed by atoms with E-state index in [4.69, 9.17) is 5.73 Å². The summed E-state index contributed by atoms with van der Waals surface area (Å²) in [6.45, 7) is 1.35. The number of nitriles is 3. The van der Waals surface area contributed by atoms with Crippen LogP contribution < -0.4 is 5.73 Å². The molecule has 118 valence electrons. The average Bonchev–Trinajstić information content (AvgIpc) is 2.62. The fraction of sp³-hybridized carbons (Fsp3) is 0.333. The van der Waals surface area contributed by atoms with Crippen molar-refractivity contribution in [1.29, 1.82) is 15.8 Å². The normalized spacial score (nSPS) is 25.7. The molecule has 0 saturated heterocycles. The number of rotatable bonds is 1. The van der Waals surface area contributed by atoms with Gasteiger partial charge in [-0.1, -0.05) is 12.1 Å². The van der Waals surface area contributed by atoms with Crippen LogP contribution in [-0.2, 0) is 0 Å². The van der Waals surface area contributed by atoms with Gasteiger partial charge in [0.2, 0.25) is 0 Å². The first-order chi connectivity index (χ1) is 11.6. The second kappa shape index (κ2) is 5.81. The third kappa shape index (κ3) is 2.07. The van der Waals surface area contributed by atoms with E-state index in [1.165, 1.54) is 0 Å². The molecule has 6 heteroatoms. The van der Waals surface area contributed by atoms with Crippen molar-refractivity contribution in [2.45, 2.75) is 5.92 Å². The fourth-order valence-corrected chi connectivity index (χ4v) is 3.76. The van der Waals surface area contributed by atoms with Crippen LogP contribution in [0.1, 0.15) is 11.5 Å². The highest BCUT2D eigenvalue weighted by Gasteiger charge is 2.54. The molecule has 0 bridgehead atoms. The molecule has 0 spiro atoms. The number of hydrogen-bond donors (Lipinski definition) is 1. The SMILES string of the molecule is CN1CC=C2C(C#N)=C(N)C(C#N)(C#N)C(c3cccnc3)[C@@H]2C1. The van der Waals surface area contributed by atoms with Crippen molar-refractivity contribution in [2.75, 3.05) is 20.1 Å². The third-order valence-electron chi connectivity index (χ3n) is 4.89. The summed E-state index contributed by atoms with van der Waals surface area (Å²) in [5, 5.41) is 29.3. The molecule has 2 atom stereocenters. The first-order valence-corrected chi connectivity index (χ1v) is 7.60. The molecule has 0 aromatic carbocycles. The number of nitrogens with zero attached hydrogens (tertiary/aromatic N) is 5. The quantitative estimate of drug-likeness (QED) is 0.838. The Morgan fingerprint density at radius 3 is 2.67 bits per heavy atom. The van der Waals surface area contributed by atoms with Gasteiger partial charge in [-0.3, -0.25) is 4.98 Å². The number of nitrogens with two attached hydrogens (primary N) is 1. The Balaban J connectivity index is 2.33. The standard InChI is InChI=1S/C18H16N6/c1-24-6-4-13-14(7-19)17(22)18(10-20,11-21)16(15(13)9-24)12-3-2-5-23-8-12/h2-5,8,15-16H,6,9,22H2,1H3/t15-,16?/m1/s1. The third-order valence-corrected chi connectivity index (χ3v) is 4.89. The Labute approximate surface area is 140 Å². The molecule has 0 radical (unpaired) electrons. The molecule has 2 heterocycles. The lowest BCUT2D eigenvalue weighted by Gasteiger charge is -2.44. The molecule has 1 aliphatic carbocycles. The number of pyridine rings is 1. The van der Waals surface area contributed by atoms with Crippen molar-refractivity contribution < 1.29 is 0 Å². The van der Waals surface area contributed by atoms with Gasteiger partial charge in [0, 0.05) is 37.3 Å². The molecule has 1 aliphatic heterocycles. The summed E-state index contributed by atoms with van der Waals surface area (Å²) in [4.78, 5) is 6.25. The smallest absolute Gasteiger partial charge is 0.191 e. The Morgan fingerprint density at radius 1 is 1.33 bits per heavy atom. The first kappa shape index (κ1) is 15.7. The average molecular weight is 316 g/mol. The Hall–Kier alpha value is -3.14. The van der Waals surface area contributed by atoms with Crippen LogP contribution in [0.15, 0.2) is 47.4 Å². The topological polar surface area (TPSA) is 114 Å². The van der Waals surface area contributed by atoms with E-state index < -0.39 is 11.3 Å². The van der Waals surface area contributed by atoms with Crippen LogP contribution in [0.2, 0.25) is 0 Å². The predicted molar refractivity (Wildman–Crippen MR) is 86.5 cm³/mol. The van der Waals surface area contributed by atoms with Crippen LogP contribution in [-0.4, -0.2) is 30.0 Å². The van der Waals surface area contributed by atoms with Gasteiger partial charge in [0.25, 0.3) is 0 Å². The van der Waals surface area contributed by atoms with E-state index >= 15 is 0 Å². The molecular formula is C18H16N6. The van der Waals surface area contributed by atoms with Gasteiger partial charge in [0.15, 0.2) is 5.41 Å². The Bertz CT molecular complexity index is 832. The summed E-state index contributed by atoms with van der Waals surface area (Å²) in [6.07, 6.45) is 5.29. The lowest BCUT2D eigenvalue weighted by molar-refractivity contribution is 0.237. The summed E-state index contributed by atoms with van der Waals surface area (Å²) < 4.78 is 0. The van der Waals surface area contributed by atoms with Crippen molar-refractivity contribution in [1.82, 2.24) is 9.88 Å². The lowest BCUT2D eigenvalue weighted by Crippen LogP contribution is -2.47. The zero-order chi connectivity index (χ0) is 17.3. The molecule has 3 rings (SSSR count). The molecule has 0 saturated carbocycles. The Morgan fingerprint density at radius 2 is 2.08 bits per heavy atom. The van der Waals surface area contributed by atoms with Crippen LogP contribution in [0.25, 0.3) is 0 Å². The number of aromatic nitrogens is 1. The van der Waals surface area contributed by atoms with Gasteiger partial charge >= 0.3 is 0 Å². The fourth-order valence-electron chi connectivity index (χ4n) is 3.76. The van der Waals surface area contributed by atoms with Gasteiger partial charge in [0.05, 0.1) is 23.4 Å². The molecule has 0 fully saturated rings. The largest absolute Gasteiger partial charge is 0.399 e. The number of allylic oxidation sites excluding steroid dienone is 2. The zero-order valence-electron chi connectivity index (χ0n) is 13.3. The maximum Gasteiger partial charge on any atom is 0.191 e. The number of hydrogen-bond acceptors (Lipinski definition) is 6. The molecule has 2 N–H and O–H groups in total.